The van der Waals surface area contributed by atoms with E-state index in [0.29, 0.717) is 6.67 Å². The molecule has 104 valence electrons. The molecule has 3 aliphatic heterocycles. The number of carbonyl (C=O) groups excluding carboxylic acids is 1. The van der Waals surface area contributed by atoms with Crippen molar-refractivity contribution in [2.75, 3.05) is 13.2 Å². The van der Waals surface area contributed by atoms with Crippen molar-refractivity contribution in [2.24, 2.45) is 4.99 Å². The fraction of sp³-hybridized carbons (Fsp3) is 0.429. The Labute approximate surface area is 121 Å². The molecule has 2 atom stereocenters. The lowest BCUT2D eigenvalue weighted by Crippen LogP contribution is -2.54. The van der Waals surface area contributed by atoms with Gasteiger partial charge < -0.3 is 10.2 Å². The van der Waals surface area contributed by atoms with E-state index < -0.39 is 0 Å². The van der Waals surface area contributed by atoms with Crippen LogP contribution in [0.5, 0.6) is 0 Å². The molecule has 1 fully saturated rings. The standard InChI is InChI=1S/C14H16N4OS/c19-13-11-12(15-8-16-13)17-14(20-11)18-6-5-9-3-1-2-4-10(9)7-18/h1-4,11-12,15H,5-8H2,(H,16,19). The maximum absolute atomic E-state index is 11.8. The van der Waals surface area contributed by atoms with Gasteiger partial charge in [0.15, 0.2) is 5.17 Å². The van der Waals surface area contributed by atoms with Crippen LogP contribution >= 0.6 is 11.8 Å². The van der Waals surface area contributed by atoms with E-state index >= 15 is 0 Å². The molecule has 3 heterocycles. The molecule has 0 spiro atoms. The smallest absolute Gasteiger partial charge is 0.238 e. The summed E-state index contributed by atoms with van der Waals surface area (Å²) in [6, 6.07) is 8.56. The van der Waals surface area contributed by atoms with Crippen LogP contribution in [0, 0.1) is 0 Å². The van der Waals surface area contributed by atoms with Crippen molar-refractivity contribution in [1.29, 1.82) is 0 Å². The highest BCUT2D eigenvalue weighted by atomic mass is 32.2. The number of amidine groups is 1. The molecule has 20 heavy (non-hydrogen) atoms. The summed E-state index contributed by atoms with van der Waals surface area (Å²) in [5.74, 6) is 0.0925. The summed E-state index contributed by atoms with van der Waals surface area (Å²) in [7, 11) is 0. The quantitative estimate of drug-likeness (QED) is 0.731. The minimum atomic E-state index is -0.115. The fourth-order valence-corrected chi connectivity index (χ4v) is 4.09. The molecule has 0 saturated carbocycles. The van der Waals surface area contributed by atoms with Crippen LogP contribution in [0.2, 0.25) is 0 Å². The van der Waals surface area contributed by atoms with Crippen molar-refractivity contribution in [3.63, 3.8) is 0 Å². The summed E-state index contributed by atoms with van der Waals surface area (Å²) < 4.78 is 0. The first-order valence-electron chi connectivity index (χ1n) is 6.88. The molecule has 0 radical (unpaired) electrons. The van der Waals surface area contributed by atoms with E-state index in [0.717, 1.165) is 24.7 Å². The second-order valence-corrected chi connectivity index (χ2v) is 6.37. The lowest BCUT2D eigenvalue weighted by molar-refractivity contribution is -0.122. The van der Waals surface area contributed by atoms with E-state index in [1.807, 2.05) is 0 Å². The van der Waals surface area contributed by atoms with Crippen LogP contribution in [0.15, 0.2) is 29.3 Å². The monoisotopic (exact) mass is 288 g/mol. The number of rotatable bonds is 0. The lowest BCUT2D eigenvalue weighted by Gasteiger charge is -2.30. The molecule has 3 aliphatic rings. The summed E-state index contributed by atoms with van der Waals surface area (Å²) in [4.78, 5) is 18.8. The van der Waals surface area contributed by atoms with Gasteiger partial charge in [0.2, 0.25) is 5.91 Å². The van der Waals surface area contributed by atoms with Crippen molar-refractivity contribution in [1.82, 2.24) is 15.5 Å². The zero-order chi connectivity index (χ0) is 13.5. The van der Waals surface area contributed by atoms with Gasteiger partial charge in [-0.1, -0.05) is 36.0 Å². The van der Waals surface area contributed by atoms with Gasteiger partial charge in [-0.25, -0.2) is 4.99 Å². The Morgan fingerprint density at radius 2 is 2.15 bits per heavy atom. The van der Waals surface area contributed by atoms with Gasteiger partial charge >= 0.3 is 0 Å². The number of hydrogen-bond acceptors (Lipinski definition) is 5. The first-order valence-corrected chi connectivity index (χ1v) is 7.76. The van der Waals surface area contributed by atoms with Gasteiger partial charge in [0, 0.05) is 13.1 Å². The SMILES string of the molecule is O=C1NCNC2N=C(N3CCc4ccccc4C3)SC12. The van der Waals surface area contributed by atoms with Crippen LogP contribution < -0.4 is 10.6 Å². The zero-order valence-electron chi connectivity index (χ0n) is 11.0. The molecule has 2 unspecified atom stereocenters. The number of benzene rings is 1. The van der Waals surface area contributed by atoms with Crippen LogP contribution in [0.25, 0.3) is 0 Å². The molecule has 1 amide bonds. The maximum atomic E-state index is 11.8. The number of aliphatic imine (C=N–C) groups is 1. The number of amides is 1. The molecule has 1 aromatic carbocycles. The molecular weight excluding hydrogens is 272 g/mol. The van der Waals surface area contributed by atoms with Gasteiger partial charge in [-0.05, 0) is 17.5 Å². The third-order valence-electron chi connectivity index (χ3n) is 4.00. The Hall–Kier alpha value is -1.53. The van der Waals surface area contributed by atoms with Crippen molar-refractivity contribution >= 4 is 22.8 Å². The fourth-order valence-electron chi connectivity index (χ4n) is 2.90. The highest BCUT2D eigenvalue weighted by molar-refractivity contribution is 8.15. The predicted molar refractivity (Wildman–Crippen MR) is 79.3 cm³/mol. The number of fused-ring (bicyclic) bond motifs is 2. The molecule has 6 heteroatoms. The zero-order valence-corrected chi connectivity index (χ0v) is 11.8. The van der Waals surface area contributed by atoms with Gasteiger partial charge in [0.1, 0.15) is 11.4 Å². The summed E-state index contributed by atoms with van der Waals surface area (Å²) >= 11 is 1.59. The van der Waals surface area contributed by atoms with Crippen molar-refractivity contribution in [2.45, 2.75) is 24.4 Å². The van der Waals surface area contributed by atoms with E-state index in [1.165, 1.54) is 11.1 Å². The number of carbonyl (C=O) groups is 1. The van der Waals surface area contributed by atoms with Crippen molar-refractivity contribution in [3.05, 3.63) is 35.4 Å². The lowest BCUT2D eigenvalue weighted by atomic mass is 10.0. The first-order chi connectivity index (χ1) is 9.81. The minimum Gasteiger partial charge on any atom is -0.347 e. The second kappa shape index (κ2) is 4.79. The van der Waals surface area contributed by atoms with E-state index in [4.69, 9.17) is 4.99 Å². The summed E-state index contributed by atoms with van der Waals surface area (Å²) in [5.41, 5.74) is 2.80. The third kappa shape index (κ3) is 1.99. The number of thioether (sulfide) groups is 1. The molecule has 0 aromatic heterocycles. The molecule has 1 saturated heterocycles. The molecule has 2 N–H and O–H groups in total. The normalized spacial score (nSPS) is 28.5. The maximum Gasteiger partial charge on any atom is 0.238 e. The number of nitrogens with zero attached hydrogens (tertiary/aromatic N) is 2. The first kappa shape index (κ1) is 12.2. The van der Waals surface area contributed by atoms with Gasteiger partial charge in [0.05, 0.1) is 6.67 Å². The largest absolute Gasteiger partial charge is 0.347 e. The Bertz CT molecular complexity index is 588. The molecule has 5 nitrogen and oxygen atoms in total. The van der Waals surface area contributed by atoms with E-state index in [2.05, 4.69) is 39.8 Å². The summed E-state index contributed by atoms with van der Waals surface area (Å²) in [6.45, 7) is 2.38. The molecule has 4 rings (SSSR count). The number of nitrogens with one attached hydrogen (secondary N) is 2. The average Bonchev–Trinajstić information content (AvgIpc) is 2.92. The highest BCUT2D eigenvalue weighted by Crippen LogP contribution is 2.31. The van der Waals surface area contributed by atoms with Crippen LogP contribution in [0.3, 0.4) is 0 Å². The number of hydrogen-bond donors (Lipinski definition) is 2. The van der Waals surface area contributed by atoms with Crippen molar-refractivity contribution < 1.29 is 4.79 Å². The summed E-state index contributed by atoms with van der Waals surface area (Å²) in [6.07, 6.45) is 0.978. The topological polar surface area (TPSA) is 56.7 Å². The van der Waals surface area contributed by atoms with Gasteiger partial charge in [-0.15, -0.1) is 0 Å². The van der Waals surface area contributed by atoms with Crippen LogP contribution in [-0.2, 0) is 17.8 Å². The second-order valence-electron chi connectivity index (χ2n) is 5.26. The average molecular weight is 288 g/mol. The van der Waals surface area contributed by atoms with Gasteiger partial charge in [0.25, 0.3) is 0 Å². The van der Waals surface area contributed by atoms with Gasteiger partial charge in [-0.2, -0.15) is 0 Å². The Morgan fingerprint density at radius 3 is 3.00 bits per heavy atom. The van der Waals surface area contributed by atoms with E-state index in [9.17, 15) is 4.79 Å². The van der Waals surface area contributed by atoms with Gasteiger partial charge in [-0.3, -0.25) is 10.1 Å². The van der Waals surface area contributed by atoms with Crippen molar-refractivity contribution in [3.8, 4) is 0 Å². The Morgan fingerprint density at radius 1 is 1.30 bits per heavy atom. The van der Waals surface area contributed by atoms with E-state index in [1.54, 1.807) is 11.8 Å². The molecular formula is C14H16N4OS. The molecule has 0 bridgehead atoms. The Kier molecular flexibility index (Phi) is 2.93. The van der Waals surface area contributed by atoms with E-state index in [-0.39, 0.29) is 17.3 Å². The molecule has 0 aliphatic carbocycles. The predicted octanol–water partition coefficient (Wildman–Crippen LogP) is 0.519. The van der Waals surface area contributed by atoms with Crippen LogP contribution in [-0.4, -0.2) is 40.6 Å². The molecule has 1 aromatic rings. The Balaban J connectivity index is 1.54. The summed E-state index contributed by atoms with van der Waals surface area (Å²) in [5, 5.41) is 6.95. The minimum absolute atomic E-state index is 0.0686. The van der Waals surface area contributed by atoms with Crippen LogP contribution in [0.4, 0.5) is 0 Å². The van der Waals surface area contributed by atoms with Crippen LogP contribution in [0.1, 0.15) is 11.1 Å². The highest BCUT2D eigenvalue weighted by Gasteiger charge is 2.40. The third-order valence-corrected chi connectivity index (χ3v) is 5.30.